The predicted octanol–water partition coefficient (Wildman–Crippen LogP) is 2.76. The number of hydrogen-bond acceptors (Lipinski definition) is 5. The average molecular weight is 378 g/mol. The summed E-state index contributed by atoms with van der Waals surface area (Å²) in [4.78, 5) is 27.2. The van der Waals surface area contributed by atoms with Crippen molar-refractivity contribution in [1.29, 1.82) is 0 Å². The van der Waals surface area contributed by atoms with Crippen LogP contribution >= 0.6 is 0 Å². The lowest BCUT2D eigenvalue weighted by molar-refractivity contribution is -0.0208. The highest BCUT2D eigenvalue weighted by Crippen LogP contribution is 2.16. The van der Waals surface area contributed by atoms with Gasteiger partial charge in [0, 0.05) is 49.9 Å². The molecule has 1 aliphatic heterocycles. The Labute approximate surface area is 162 Å². The molecule has 28 heavy (non-hydrogen) atoms. The number of nitrogens with zero attached hydrogens (tertiary/aromatic N) is 4. The van der Waals surface area contributed by atoms with Crippen molar-refractivity contribution in [3.8, 4) is 11.4 Å². The molecular weight excluding hydrogens is 359 g/mol. The predicted molar refractivity (Wildman–Crippen MR) is 101 cm³/mol. The number of pyridine rings is 1. The molecule has 1 fully saturated rings. The lowest BCUT2D eigenvalue weighted by Crippen LogP contribution is -2.46. The first-order valence-corrected chi connectivity index (χ1v) is 9.07. The van der Waals surface area contributed by atoms with Crippen LogP contribution in [0.2, 0.25) is 0 Å². The van der Waals surface area contributed by atoms with Crippen molar-refractivity contribution in [2.24, 2.45) is 0 Å². The van der Waals surface area contributed by atoms with E-state index in [0.717, 1.165) is 11.1 Å². The van der Waals surface area contributed by atoms with Gasteiger partial charge in [0.2, 0.25) is 0 Å². The second-order valence-electron chi connectivity index (χ2n) is 6.62. The molecule has 0 bridgehead atoms. The van der Waals surface area contributed by atoms with Crippen LogP contribution in [0.3, 0.4) is 0 Å². The van der Waals surface area contributed by atoms with E-state index < -0.39 is 0 Å². The van der Waals surface area contributed by atoms with Crippen molar-refractivity contribution < 1.29 is 13.9 Å². The molecule has 1 saturated heterocycles. The maximum Gasteiger partial charge on any atom is 0.257 e. The first-order valence-electron chi connectivity index (χ1n) is 9.07. The molecule has 0 saturated carbocycles. The van der Waals surface area contributed by atoms with Crippen LogP contribution in [0.1, 0.15) is 15.9 Å². The highest BCUT2D eigenvalue weighted by atomic mass is 19.1. The summed E-state index contributed by atoms with van der Waals surface area (Å²) in [6.45, 7) is 1.39. The third-order valence-corrected chi connectivity index (χ3v) is 4.60. The van der Waals surface area contributed by atoms with Gasteiger partial charge in [0.25, 0.3) is 5.91 Å². The normalized spacial score (nSPS) is 16.8. The molecular formula is C21H19FN4O2. The standard InChI is InChI=1S/C21H19FN4O2/c22-18-5-1-3-15(9-18)10-19-14-26(7-8-28-19)21(27)17-12-24-20(25-13-17)16-4-2-6-23-11-16/h1-6,9,11-13,19H,7-8,10,14H2/t19-/m1/s1. The van der Waals surface area contributed by atoms with Crippen LogP contribution in [-0.4, -0.2) is 51.6 Å². The van der Waals surface area contributed by atoms with Crippen molar-refractivity contribution in [3.63, 3.8) is 0 Å². The molecule has 6 nitrogen and oxygen atoms in total. The second kappa shape index (κ2) is 8.22. The van der Waals surface area contributed by atoms with E-state index in [1.807, 2.05) is 18.2 Å². The number of carbonyl (C=O) groups excluding carboxylic acids is 1. The van der Waals surface area contributed by atoms with E-state index in [-0.39, 0.29) is 17.8 Å². The number of hydrogen-bond donors (Lipinski definition) is 0. The SMILES string of the molecule is O=C(c1cnc(-c2cccnc2)nc1)N1CCO[C@H](Cc2cccc(F)c2)C1. The minimum absolute atomic E-state index is 0.134. The molecule has 0 aliphatic carbocycles. The first kappa shape index (κ1) is 18.2. The van der Waals surface area contributed by atoms with Crippen LogP contribution in [-0.2, 0) is 11.2 Å². The maximum absolute atomic E-state index is 13.4. The van der Waals surface area contributed by atoms with Crippen LogP contribution in [0.25, 0.3) is 11.4 Å². The van der Waals surface area contributed by atoms with Crippen molar-refractivity contribution in [2.75, 3.05) is 19.7 Å². The minimum atomic E-state index is -0.271. The van der Waals surface area contributed by atoms with Gasteiger partial charge in [-0.15, -0.1) is 0 Å². The van der Waals surface area contributed by atoms with E-state index in [0.29, 0.717) is 37.5 Å². The molecule has 0 spiro atoms. The molecule has 1 aromatic carbocycles. The third-order valence-electron chi connectivity index (χ3n) is 4.60. The number of amides is 1. The molecule has 0 radical (unpaired) electrons. The molecule has 142 valence electrons. The lowest BCUT2D eigenvalue weighted by atomic mass is 10.1. The summed E-state index contributed by atoms with van der Waals surface area (Å²) >= 11 is 0. The van der Waals surface area contributed by atoms with Gasteiger partial charge in [-0.25, -0.2) is 14.4 Å². The van der Waals surface area contributed by atoms with Gasteiger partial charge in [-0.2, -0.15) is 0 Å². The zero-order valence-electron chi connectivity index (χ0n) is 15.2. The van der Waals surface area contributed by atoms with Gasteiger partial charge in [0.05, 0.1) is 18.3 Å². The fourth-order valence-electron chi connectivity index (χ4n) is 3.22. The van der Waals surface area contributed by atoms with Gasteiger partial charge in [-0.1, -0.05) is 12.1 Å². The fourth-order valence-corrected chi connectivity index (χ4v) is 3.22. The summed E-state index contributed by atoms with van der Waals surface area (Å²) in [6, 6.07) is 10.1. The quantitative estimate of drug-likeness (QED) is 0.698. The summed E-state index contributed by atoms with van der Waals surface area (Å²) in [7, 11) is 0. The summed E-state index contributed by atoms with van der Waals surface area (Å²) in [5.41, 5.74) is 2.07. The molecule has 1 amide bonds. The smallest absolute Gasteiger partial charge is 0.257 e. The molecule has 0 N–H and O–H groups in total. The van der Waals surface area contributed by atoms with Crippen LogP contribution in [0.5, 0.6) is 0 Å². The minimum Gasteiger partial charge on any atom is -0.374 e. The Balaban J connectivity index is 1.42. The Morgan fingerprint density at radius 2 is 2.04 bits per heavy atom. The number of aromatic nitrogens is 3. The fraction of sp³-hybridized carbons (Fsp3) is 0.238. The maximum atomic E-state index is 13.4. The lowest BCUT2D eigenvalue weighted by Gasteiger charge is -2.33. The van der Waals surface area contributed by atoms with Crippen molar-refractivity contribution >= 4 is 5.91 Å². The zero-order valence-corrected chi connectivity index (χ0v) is 15.2. The van der Waals surface area contributed by atoms with Gasteiger partial charge in [0.1, 0.15) is 5.82 Å². The van der Waals surface area contributed by atoms with Crippen LogP contribution in [0.4, 0.5) is 4.39 Å². The highest BCUT2D eigenvalue weighted by molar-refractivity contribution is 5.93. The Kier molecular flexibility index (Phi) is 5.34. The Hall–Kier alpha value is -3.19. The van der Waals surface area contributed by atoms with E-state index in [1.54, 1.807) is 23.4 Å². The summed E-state index contributed by atoms with van der Waals surface area (Å²) in [5, 5.41) is 0. The summed E-state index contributed by atoms with van der Waals surface area (Å²) in [5.74, 6) is 0.119. The Morgan fingerprint density at radius 3 is 2.79 bits per heavy atom. The number of carbonyl (C=O) groups is 1. The highest BCUT2D eigenvalue weighted by Gasteiger charge is 2.25. The van der Waals surface area contributed by atoms with Crippen molar-refractivity contribution in [1.82, 2.24) is 19.9 Å². The van der Waals surface area contributed by atoms with Crippen molar-refractivity contribution in [2.45, 2.75) is 12.5 Å². The van der Waals surface area contributed by atoms with E-state index in [4.69, 9.17) is 4.74 Å². The number of halogens is 1. The van der Waals surface area contributed by atoms with Crippen LogP contribution in [0.15, 0.2) is 61.2 Å². The van der Waals surface area contributed by atoms with Gasteiger partial charge in [-0.3, -0.25) is 9.78 Å². The van der Waals surface area contributed by atoms with Crippen LogP contribution in [0, 0.1) is 5.82 Å². The topological polar surface area (TPSA) is 68.2 Å². The number of benzene rings is 1. The third kappa shape index (κ3) is 4.20. The van der Waals surface area contributed by atoms with Crippen LogP contribution < -0.4 is 0 Å². The molecule has 2 aromatic heterocycles. The molecule has 3 heterocycles. The number of morpholine rings is 1. The first-order chi connectivity index (χ1) is 13.7. The summed E-state index contributed by atoms with van der Waals surface area (Å²) < 4.78 is 19.1. The molecule has 3 aromatic rings. The van der Waals surface area contributed by atoms with E-state index in [9.17, 15) is 9.18 Å². The van der Waals surface area contributed by atoms with Gasteiger partial charge < -0.3 is 9.64 Å². The average Bonchev–Trinajstić information content (AvgIpc) is 2.74. The Morgan fingerprint density at radius 1 is 1.18 bits per heavy atom. The van der Waals surface area contributed by atoms with E-state index in [2.05, 4.69) is 15.0 Å². The van der Waals surface area contributed by atoms with Gasteiger partial charge >= 0.3 is 0 Å². The largest absolute Gasteiger partial charge is 0.374 e. The number of ether oxygens (including phenoxy) is 1. The van der Waals surface area contributed by atoms with E-state index >= 15 is 0 Å². The molecule has 4 rings (SSSR count). The number of rotatable bonds is 4. The second-order valence-corrected chi connectivity index (χ2v) is 6.62. The Bertz CT molecular complexity index is 950. The molecule has 1 aliphatic rings. The monoisotopic (exact) mass is 378 g/mol. The molecule has 7 heteroatoms. The van der Waals surface area contributed by atoms with Gasteiger partial charge in [-0.05, 0) is 29.8 Å². The molecule has 0 unspecified atom stereocenters. The summed E-state index contributed by atoms with van der Waals surface area (Å²) in [6.07, 6.45) is 6.81. The zero-order chi connectivity index (χ0) is 19.3. The van der Waals surface area contributed by atoms with Crippen molar-refractivity contribution in [3.05, 3.63) is 78.1 Å². The molecule has 1 atom stereocenters. The van der Waals surface area contributed by atoms with Gasteiger partial charge in [0.15, 0.2) is 5.82 Å². The van der Waals surface area contributed by atoms with E-state index in [1.165, 1.54) is 24.5 Å².